The van der Waals surface area contributed by atoms with Gasteiger partial charge in [-0.15, -0.1) is 0 Å². The summed E-state index contributed by atoms with van der Waals surface area (Å²) < 4.78 is 0. The average Bonchev–Trinajstić information content (AvgIpc) is 2.76. The van der Waals surface area contributed by atoms with Crippen LogP contribution in [0.1, 0.15) is 65.0 Å². The van der Waals surface area contributed by atoms with Crippen molar-refractivity contribution in [2.75, 3.05) is 0 Å². The highest BCUT2D eigenvalue weighted by Crippen LogP contribution is 2.69. The quantitative estimate of drug-likeness (QED) is 0.312. The third-order valence-corrected chi connectivity index (χ3v) is 8.31. The van der Waals surface area contributed by atoms with Crippen LogP contribution in [-0.2, 0) is 11.2 Å². The predicted octanol–water partition coefficient (Wildman–Crippen LogP) is 6.20. The van der Waals surface area contributed by atoms with Crippen molar-refractivity contribution in [2.45, 2.75) is 67.2 Å². The maximum atomic E-state index is 13.1. The molecule has 1 saturated carbocycles. The zero-order chi connectivity index (χ0) is 24.1. The number of carbonyl (C=O) groups excluding carboxylic acids is 1. The first-order chi connectivity index (χ1) is 14.7. The lowest BCUT2D eigenvalue weighted by atomic mass is 9.56. The number of aryl methyl sites for hydroxylation is 1. The smallest absolute Gasteiger partial charge is 0.137 e. The van der Waals surface area contributed by atoms with E-state index in [0.29, 0.717) is 36.8 Å². The second-order valence-corrected chi connectivity index (χ2v) is 10.8. The Labute approximate surface area is 190 Å². The van der Waals surface area contributed by atoms with Gasteiger partial charge < -0.3 is 20.4 Å². The van der Waals surface area contributed by atoms with E-state index in [2.05, 4.69) is 27.7 Å². The summed E-state index contributed by atoms with van der Waals surface area (Å²) in [5.74, 6) is 0.488. The van der Waals surface area contributed by atoms with Gasteiger partial charge in [0.2, 0.25) is 0 Å². The average molecular weight is 441 g/mol. The number of phenols is 2. The van der Waals surface area contributed by atoms with E-state index in [4.69, 9.17) is 0 Å². The molecular weight excluding hydrogens is 404 g/mol. The van der Waals surface area contributed by atoms with E-state index >= 15 is 0 Å². The molecule has 0 spiro atoms. The maximum Gasteiger partial charge on any atom is 0.137 e. The van der Waals surface area contributed by atoms with E-state index < -0.39 is 10.8 Å². The Bertz CT molecular complexity index is 1030. The van der Waals surface area contributed by atoms with Crippen molar-refractivity contribution in [2.24, 2.45) is 22.2 Å². The van der Waals surface area contributed by atoms with Gasteiger partial charge in [0, 0.05) is 35.8 Å². The molecule has 2 bridgehead atoms. The molecule has 1 aromatic rings. The molecule has 0 radical (unpaired) electrons. The SMILES string of the molecule is CC(=CCc1cc(O)cc(C)c1O)CC(=O)C[C@@]1(C)C[C@H]2C(O)=CC(O)=C[C@]1(C)C2(C)C. The fraction of sp³-hybridized carbons (Fsp3) is 0.519. The van der Waals surface area contributed by atoms with Crippen molar-refractivity contribution < 1.29 is 25.2 Å². The minimum Gasteiger partial charge on any atom is -0.512 e. The molecule has 0 amide bonds. The van der Waals surface area contributed by atoms with Gasteiger partial charge in [-0.05, 0) is 61.3 Å². The van der Waals surface area contributed by atoms with E-state index in [1.54, 1.807) is 13.0 Å². The van der Waals surface area contributed by atoms with Crippen LogP contribution in [0.4, 0.5) is 0 Å². The third kappa shape index (κ3) is 3.94. The van der Waals surface area contributed by atoms with Crippen molar-refractivity contribution in [3.63, 3.8) is 0 Å². The molecule has 0 aromatic heterocycles. The summed E-state index contributed by atoms with van der Waals surface area (Å²) in [6.07, 6.45) is 6.92. The minimum absolute atomic E-state index is 0.0521. The summed E-state index contributed by atoms with van der Waals surface area (Å²) in [5.41, 5.74) is 0.955. The van der Waals surface area contributed by atoms with Crippen LogP contribution < -0.4 is 0 Å². The number of Topliss-reactive ketones (excluding diaryl/α,β-unsaturated/α-hetero) is 1. The molecule has 0 unspecified atom stereocenters. The highest BCUT2D eigenvalue weighted by molar-refractivity contribution is 5.81. The fourth-order valence-electron chi connectivity index (χ4n) is 5.89. The normalized spacial score (nSPS) is 29.3. The Morgan fingerprint density at radius 2 is 1.78 bits per heavy atom. The Morgan fingerprint density at radius 1 is 1.12 bits per heavy atom. The Hall–Kier alpha value is -2.69. The van der Waals surface area contributed by atoms with Crippen LogP contribution in [0, 0.1) is 29.1 Å². The zero-order valence-corrected chi connectivity index (χ0v) is 20.0. The second-order valence-electron chi connectivity index (χ2n) is 10.8. The van der Waals surface area contributed by atoms with E-state index in [1.807, 2.05) is 19.1 Å². The Morgan fingerprint density at radius 3 is 2.44 bits per heavy atom. The Kier molecular flexibility index (Phi) is 6.01. The molecule has 5 heteroatoms. The van der Waals surface area contributed by atoms with Crippen LogP contribution in [0.15, 0.2) is 47.5 Å². The Balaban J connectivity index is 1.76. The third-order valence-electron chi connectivity index (χ3n) is 8.31. The molecule has 5 nitrogen and oxygen atoms in total. The van der Waals surface area contributed by atoms with Gasteiger partial charge >= 0.3 is 0 Å². The van der Waals surface area contributed by atoms with Gasteiger partial charge in [0.15, 0.2) is 0 Å². The molecule has 3 rings (SSSR count). The second kappa shape index (κ2) is 8.02. The number of benzene rings is 1. The van der Waals surface area contributed by atoms with Crippen LogP contribution in [0.2, 0.25) is 0 Å². The summed E-state index contributed by atoms with van der Waals surface area (Å²) in [6, 6.07) is 3.06. The number of aromatic hydroxyl groups is 2. The van der Waals surface area contributed by atoms with Gasteiger partial charge in [-0.2, -0.15) is 0 Å². The number of ketones is 1. The van der Waals surface area contributed by atoms with Crippen LogP contribution in [-0.4, -0.2) is 26.2 Å². The van der Waals surface area contributed by atoms with Crippen molar-refractivity contribution in [3.05, 3.63) is 58.6 Å². The number of aliphatic hydroxyl groups is 2. The predicted molar refractivity (Wildman–Crippen MR) is 126 cm³/mol. The van der Waals surface area contributed by atoms with Crippen LogP contribution in [0.25, 0.3) is 0 Å². The number of hydrogen-bond acceptors (Lipinski definition) is 5. The van der Waals surface area contributed by atoms with Gasteiger partial charge in [-0.25, -0.2) is 0 Å². The molecule has 0 heterocycles. The summed E-state index contributed by atoms with van der Waals surface area (Å²) in [4.78, 5) is 13.1. The van der Waals surface area contributed by atoms with Gasteiger partial charge in [0.1, 0.15) is 23.0 Å². The van der Waals surface area contributed by atoms with Gasteiger partial charge in [-0.1, -0.05) is 39.3 Å². The summed E-state index contributed by atoms with van der Waals surface area (Å²) in [5, 5.41) is 40.9. The van der Waals surface area contributed by atoms with Crippen molar-refractivity contribution in [1.82, 2.24) is 0 Å². The highest BCUT2D eigenvalue weighted by Gasteiger charge is 2.64. The summed E-state index contributed by atoms with van der Waals surface area (Å²) >= 11 is 0. The van der Waals surface area contributed by atoms with E-state index in [1.165, 1.54) is 12.1 Å². The number of fused-ring (bicyclic) bond motifs is 2. The first-order valence-electron chi connectivity index (χ1n) is 11.2. The number of rotatable bonds is 6. The van der Waals surface area contributed by atoms with Crippen molar-refractivity contribution in [1.29, 1.82) is 0 Å². The lowest BCUT2D eigenvalue weighted by Gasteiger charge is -2.46. The molecule has 0 aliphatic heterocycles. The first-order valence-corrected chi connectivity index (χ1v) is 11.2. The molecule has 2 aliphatic rings. The molecule has 32 heavy (non-hydrogen) atoms. The molecule has 1 aromatic carbocycles. The fourth-order valence-corrected chi connectivity index (χ4v) is 5.89. The van der Waals surface area contributed by atoms with E-state index in [9.17, 15) is 25.2 Å². The molecule has 2 aliphatic carbocycles. The zero-order valence-electron chi connectivity index (χ0n) is 20.0. The summed E-state index contributed by atoms with van der Waals surface area (Å²) in [7, 11) is 0. The minimum atomic E-state index is -0.464. The number of aliphatic hydroxyl groups excluding tert-OH is 2. The monoisotopic (exact) mass is 440 g/mol. The molecule has 4 N–H and O–H groups in total. The van der Waals surface area contributed by atoms with Gasteiger partial charge in [0.25, 0.3) is 0 Å². The summed E-state index contributed by atoms with van der Waals surface area (Å²) in [6.45, 7) is 12.0. The van der Waals surface area contributed by atoms with Crippen LogP contribution in [0.5, 0.6) is 11.5 Å². The maximum absolute atomic E-state index is 13.1. The number of phenolic OH excluding ortho intramolecular Hbond substituents is 2. The number of hydrogen-bond donors (Lipinski definition) is 4. The number of allylic oxidation sites excluding steroid dienone is 5. The first kappa shape index (κ1) is 24.0. The van der Waals surface area contributed by atoms with Crippen LogP contribution in [0.3, 0.4) is 0 Å². The van der Waals surface area contributed by atoms with Crippen molar-refractivity contribution in [3.8, 4) is 11.5 Å². The molecular formula is C27H36O5. The molecule has 1 fully saturated rings. The molecule has 3 atom stereocenters. The van der Waals surface area contributed by atoms with Gasteiger partial charge in [-0.3, -0.25) is 4.79 Å². The topological polar surface area (TPSA) is 98.0 Å². The highest BCUT2D eigenvalue weighted by atomic mass is 16.3. The van der Waals surface area contributed by atoms with E-state index in [-0.39, 0.29) is 40.1 Å². The lowest BCUT2D eigenvalue weighted by molar-refractivity contribution is -0.122. The van der Waals surface area contributed by atoms with E-state index in [0.717, 1.165) is 5.57 Å². The van der Waals surface area contributed by atoms with Crippen molar-refractivity contribution >= 4 is 5.78 Å². The molecule has 0 saturated heterocycles. The number of carbonyl (C=O) groups is 1. The van der Waals surface area contributed by atoms with Gasteiger partial charge in [0.05, 0.1) is 5.76 Å². The molecule has 174 valence electrons. The standard InChI is InChI=1S/C27H36O5/c1-16(7-8-18-11-19(28)10-17(2)24(18)32)9-20(29)13-26(5)15-22-23(31)12-21(30)14-27(26,6)25(22,3)4/h7,10-12,14,22,28,30-32H,8-9,13,15H2,1-6H3/t22-,26-,27+/m0/s1. The lowest BCUT2D eigenvalue weighted by Crippen LogP contribution is -2.42. The van der Waals surface area contributed by atoms with Crippen LogP contribution >= 0.6 is 0 Å². The largest absolute Gasteiger partial charge is 0.512 e.